The second kappa shape index (κ2) is 15.6. The first-order chi connectivity index (χ1) is 23.5. The second-order valence-corrected chi connectivity index (χ2v) is 13.2. The van der Waals surface area contributed by atoms with Crippen LogP contribution >= 0.6 is 0 Å². The van der Waals surface area contributed by atoms with Gasteiger partial charge in [-0.05, 0) is 54.2 Å². The number of alkyl carbamates (subject to hydrolysis) is 1. The number of hydroxylamine groups is 2. The molecule has 5 rings (SSSR count). The Hall–Kier alpha value is -5.48. The van der Waals surface area contributed by atoms with E-state index in [1.54, 1.807) is 24.3 Å². The number of rotatable bonds is 12. The van der Waals surface area contributed by atoms with Gasteiger partial charge in [-0.15, -0.1) is 0 Å². The monoisotopic (exact) mass is 662 g/mol. The molecule has 1 aliphatic carbocycles. The number of carbonyl (C=O) groups excluding carboxylic acids is 4. The molecule has 4 aromatic rings. The minimum absolute atomic E-state index is 0.0349. The summed E-state index contributed by atoms with van der Waals surface area (Å²) >= 11 is 0. The molecule has 0 saturated heterocycles. The van der Waals surface area contributed by atoms with Crippen LogP contribution < -0.4 is 16.0 Å². The summed E-state index contributed by atoms with van der Waals surface area (Å²) in [6.07, 6.45) is -0.600. The second-order valence-electron chi connectivity index (χ2n) is 13.2. The number of carbonyl (C=O) groups is 4. The molecule has 0 heterocycles. The Morgan fingerprint density at radius 3 is 1.73 bits per heavy atom. The molecule has 0 aromatic heterocycles. The van der Waals surface area contributed by atoms with Crippen molar-refractivity contribution < 1.29 is 29.1 Å². The van der Waals surface area contributed by atoms with E-state index in [1.807, 2.05) is 106 Å². The minimum atomic E-state index is -1.25. The Morgan fingerprint density at radius 1 is 0.714 bits per heavy atom. The van der Waals surface area contributed by atoms with Crippen LogP contribution in [0.25, 0.3) is 11.1 Å². The van der Waals surface area contributed by atoms with Crippen molar-refractivity contribution in [2.75, 3.05) is 13.2 Å². The molecule has 4 aromatic carbocycles. The predicted molar refractivity (Wildman–Crippen MR) is 186 cm³/mol. The zero-order valence-corrected chi connectivity index (χ0v) is 27.9. The topological polar surface area (TPSA) is 137 Å². The fourth-order valence-corrected chi connectivity index (χ4v) is 5.98. The number of amides is 4. The van der Waals surface area contributed by atoms with E-state index >= 15 is 0 Å². The van der Waals surface area contributed by atoms with Gasteiger partial charge in [-0.1, -0.05) is 109 Å². The van der Waals surface area contributed by atoms with Gasteiger partial charge in [0.1, 0.15) is 25.2 Å². The van der Waals surface area contributed by atoms with Gasteiger partial charge in [0.25, 0.3) is 5.91 Å². The smallest absolute Gasteiger partial charge is 0.407 e. The highest BCUT2D eigenvalue weighted by Crippen LogP contribution is 2.44. The van der Waals surface area contributed by atoms with Crippen LogP contribution in [0.4, 0.5) is 4.79 Å². The Balaban J connectivity index is 1.25. The van der Waals surface area contributed by atoms with Crippen molar-refractivity contribution in [3.63, 3.8) is 0 Å². The Morgan fingerprint density at radius 2 is 1.20 bits per heavy atom. The fourth-order valence-electron chi connectivity index (χ4n) is 5.98. The average molecular weight is 663 g/mol. The lowest BCUT2D eigenvalue weighted by Gasteiger charge is -2.27. The quantitative estimate of drug-likeness (QED) is 0.125. The summed E-state index contributed by atoms with van der Waals surface area (Å²) in [6.45, 7) is 4.77. The highest BCUT2D eigenvalue weighted by atomic mass is 16.5. The maximum Gasteiger partial charge on any atom is 0.407 e. The fraction of sp³-hybridized carbons (Fsp3) is 0.282. The first-order valence-electron chi connectivity index (χ1n) is 16.3. The summed E-state index contributed by atoms with van der Waals surface area (Å²) in [6, 6.07) is 31.9. The number of benzene rings is 4. The molecule has 1 aliphatic rings. The van der Waals surface area contributed by atoms with Gasteiger partial charge in [0.2, 0.25) is 11.8 Å². The third-order valence-electron chi connectivity index (χ3n) is 8.20. The molecular formula is C39H42N4O6. The molecule has 10 heteroatoms. The van der Waals surface area contributed by atoms with Crippen molar-refractivity contribution in [2.24, 2.45) is 0 Å². The Labute approximate surface area is 286 Å². The number of fused-ring (bicyclic) bond motifs is 3. The van der Waals surface area contributed by atoms with Crippen LogP contribution in [-0.4, -0.2) is 64.9 Å². The number of ether oxygens (including phenoxy) is 1. The van der Waals surface area contributed by atoms with Crippen molar-refractivity contribution in [3.05, 3.63) is 131 Å². The SMILES string of the molecule is CC(C)(C)NC(=O)[C@H](Cc1ccccc1)NC(=O)CN(O)C(=O)[C@H](Cc1ccccc1)NC(=O)OCC1c2ccccc2-c2ccccc21. The number of hydrogen-bond acceptors (Lipinski definition) is 6. The molecule has 4 N–H and O–H groups in total. The largest absolute Gasteiger partial charge is 0.449 e. The van der Waals surface area contributed by atoms with E-state index in [0.717, 1.165) is 33.4 Å². The third kappa shape index (κ3) is 9.33. The Kier molecular flexibility index (Phi) is 11.1. The zero-order chi connectivity index (χ0) is 35.0. The number of nitrogens with one attached hydrogen (secondary N) is 3. The summed E-state index contributed by atoms with van der Waals surface area (Å²) in [5, 5.41) is 19.2. The molecule has 0 aliphatic heterocycles. The molecule has 0 bridgehead atoms. The first kappa shape index (κ1) is 34.8. The van der Waals surface area contributed by atoms with Gasteiger partial charge < -0.3 is 20.7 Å². The molecule has 0 fully saturated rings. The van der Waals surface area contributed by atoms with E-state index in [-0.39, 0.29) is 30.4 Å². The third-order valence-corrected chi connectivity index (χ3v) is 8.20. The molecule has 254 valence electrons. The van der Waals surface area contributed by atoms with Gasteiger partial charge >= 0.3 is 6.09 Å². The van der Waals surface area contributed by atoms with E-state index in [9.17, 15) is 24.4 Å². The minimum Gasteiger partial charge on any atom is -0.449 e. The molecule has 4 amide bonds. The predicted octanol–water partition coefficient (Wildman–Crippen LogP) is 5.00. The van der Waals surface area contributed by atoms with Crippen LogP contribution in [0.15, 0.2) is 109 Å². The van der Waals surface area contributed by atoms with Crippen LogP contribution in [-0.2, 0) is 32.0 Å². The van der Waals surface area contributed by atoms with Crippen molar-refractivity contribution in [1.29, 1.82) is 0 Å². The summed E-state index contributed by atoms with van der Waals surface area (Å²) in [4.78, 5) is 53.0. The van der Waals surface area contributed by atoms with E-state index < -0.39 is 48.0 Å². The van der Waals surface area contributed by atoms with Gasteiger partial charge in [0.05, 0.1) is 0 Å². The van der Waals surface area contributed by atoms with Crippen LogP contribution in [0.2, 0.25) is 0 Å². The van der Waals surface area contributed by atoms with E-state index in [2.05, 4.69) is 16.0 Å². The summed E-state index contributed by atoms with van der Waals surface area (Å²) < 4.78 is 5.67. The van der Waals surface area contributed by atoms with Gasteiger partial charge in [0.15, 0.2) is 0 Å². The van der Waals surface area contributed by atoms with Crippen LogP contribution in [0.1, 0.15) is 48.9 Å². The summed E-state index contributed by atoms with van der Waals surface area (Å²) in [5.41, 5.74) is 5.25. The number of hydrogen-bond donors (Lipinski definition) is 4. The van der Waals surface area contributed by atoms with E-state index in [1.165, 1.54) is 0 Å². The van der Waals surface area contributed by atoms with Crippen molar-refractivity contribution in [2.45, 2.75) is 57.2 Å². The van der Waals surface area contributed by atoms with Gasteiger partial charge in [-0.25, -0.2) is 9.86 Å². The van der Waals surface area contributed by atoms with E-state index in [4.69, 9.17) is 4.74 Å². The standard InChI is InChI=1S/C39H42N4O6/c1-39(2,3)42-36(45)33(22-26-14-6-4-7-15-26)40-35(44)24-43(48)37(46)34(23-27-16-8-5-9-17-27)41-38(47)49-25-32-30-20-12-10-18-28(30)29-19-11-13-21-31(29)32/h4-21,32-34,48H,22-25H2,1-3H3,(H,40,44)(H,41,47)(H,42,45)/t33-,34-/m0/s1. The highest BCUT2D eigenvalue weighted by molar-refractivity contribution is 5.92. The summed E-state index contributed by atoms with van der Waals surface area (Å²) in [5.74, 6) is -2.25. The molecule has 2 atom stereocenters. The lowest BCUT2D eigenvalue weighted by Crippen LogP contribution is -2.55. The Bertz CT molecular complexity index is 1730. The molecule has 10 nitrogen and oxygen atoms in total. The maximum atomic E-state index is 13.6. The van der Waals surface area contributed by atoms with Gasteiger partial charge in [0, 0.05) is 24.3 Å². The molecule has 0 saturated carbocycles. The van der Waals surface area contributed by atoms with Gasteiger partial charge in [-0.2, -0.15) is 0 Å². The zero-order valence-electron chi connectivity index (χ0n) is 27.9. The highest BCUT2D eigenvalue weighted by Gasteiger charge is 2.32. The van der Waals surface area contributed by atoms with Crippen molar-refractivity contribution in [1.82, 2.24) is 21.0 Å². The van der Waals surface area contributed by atoms with Crippen molar-refractivity contribution in [3.8, 4) is 11.1 Å². The van der Waals surface area contributed by atoms with Crippen molar-refractivity contribution >= 4 is 23.8 Å². The lowest BCUT2D eigenvalue weighted by molar-refractivity contribution is -0.171. The molecular weight excluding hydrogens is 620 g/mol. The maximum absolute atomic E-state index is 13.6. The summed E-state index contributed by atoms with van der Waals surface area (Å²) in [7, 11) is 0. The molecule has 0 spiro atoms. The molecule has 49 heavy (non-hydrogen) atoms. The van der Waals surface area contributed by atoms with Crippen LogP contribution in [0, 0.1) is 0 Å². The van der Waals surface area contributed by atoms with E-state index in [0.29, 0.717) is 0 Å². The first-order valence-corrected chi connectivity index (χ1v) is 16.3. The average Bonchev–Trinajstić information content (AvgIpc) is 3.40. The van der Waals surface area contributed by atoms with Gasteiger partial charge in [-0.3, -0.25) is 19.6 Å². The van der Waals surface area contributed by atoms with Crippen LogP contribution in [0.3, 0.4) is 0 Å². The molecule has 0 radical (unpaired) electrons. The lowest BCUT2D eigenvalue weighted by atomic mass is 9.98. The normalized spacial score (nSPS) is 13.3. The number of nitrogens with zero attached hydrogens (tertiary/aromatic N) is 1. The molecule has 0 unspecified atom stereocenters. The van der Waals surface area contributed by atoms with Crippen LogP contribution in [0.5, 0.6) is 0 Å².